The number of aromatic nitrogens is 2. The first-order valence-electron chi connectivity index (χ1n) is 10.1. The minimum Gasteiger partial charge on any atom is -0.370 e. The third-order valence-corrected chi connectivity index (χ3v) is 5.43. The van der Waals surface area contributed by atoms with Crippen molar-refractivity contribution in [3.63, 3.8) is 0 Å². The molecule has 1 aliphatic rings. The van der Waals surface area contributed by atoms with Gasteiger partial charge in [0.2, 0.25) is 5.91 Å². The summed E-state index contributed by atoms with van der Waals surface area (Å²) in [5.74, 6) is -0.228. The van der Waals surface area contributed by atoms with Crippen molar-refractivity contribution in [3.05, 3.63) is 72.1 Å². The van der Waals surface area contributed by atoms with E-state index in [9.17, 15) is 9.59 Å². The van der Waals surface area contributed by atoms with Crippen LogP contribution in [0.5, 0.6) is 0 Å². The number of hydrogen-bond acceptors (Lipinski definition) is 4. The number of nitrogens with zero attached hydrogens (tertiary/aromatic N) is 3. The van der Waals surface area contributed by atoms with E-state index < -0.39 is 5.91 Å². The second kappa shape index (κ2) is 8.41. The lowest BCUT2D eigenvalue weighted by atomic mass is 9.99. The van der Waals surface area contributed by atoms with Gasteiger partial charge in [0.15, 0.2) is 0 Å². The molecule has 1 aliphatic heterocycles. The molecule has 4 rings (SSSR count). The molecule has 2 heterocycles. The molecule has 1 saturated heterocycles. The van der Waals surface area contributed by atoms with Crippen LogP contribution >= 0.6 is 0 Å². The predicted octanol–water partition coefficient (Wildman–Crippen LogP) is 3.46. The van der Waals surface area contributed by atoms with Gasteiger partial charge in [-0.3, -0.25) is 9.59 Å². The number of nitrogens with two attached hydrogens (primary N) is 1. The number of anilines is 2. The van der Waals surface area contributed by atoms with E-state index in [1.54, 1.807) is 41.3 Å². The minimum atomic E-state index is -0.527. The number of piperidine rings is 1. The van der Waals surface area contributed by atoms with Gasteiger partial charge in [0.1, 0.15) is 0 Å². The Morgan fingerprint density at radius 2 is 1.97 bits per heavy atom. The monoisotopic (exact) mass is 403 g/mol. The van der Waals surface area contributed by atoms with Crippen molar-refractivity contribution in [1.29, 1.82) is 0 Å². The van der Waals surface area contributed by atoms with Crippen LogP contribution in [0.4, 0.5) is 11.4 Å². The summed E-state index contributed by atoms with van der Waals surface area (Å²) < 4.78 is 1.65. The molecule has 0 spiro atoms. The number of benzene rings is 2. The fourth-order valence-electron chi connectivity index (χ4n) is 3.94. The summed E-state index contributed by atoms with van der Waals surface area (Å²) in [6, 6.07) is 14.3. The Labute approximate surface area is 175 Å². The topological polar surface area (TPSA) is 93.3 Å². The summed E-state index contributed by atoms with van der Waals surface area (Å²) in [6.45, 7) is 4.04. The maximum Gasteiger partial charge on any atom is 0.257 e. The van der Waals surface area contributed by atoms with Gasteiger partial charge in [-0.15, -0.1) is 0 Å². The molecule has 1 aromatic heterocycles. The van der Waals surface area contributed by atoms with Gasteiger partial charge in [-0.05, 0) is 55.2 Å². The third-order valence-electron chi connectivity index (χ3n) is 5.43. The van der Waals surface area contributed by atoms with E-state index >= 15 is 0 Å². The highest BCUT2D eigenvalue weighted by molar-refractivity contribution is 6.09. The van der Waals surface area contributed by atoms with Gasteiger partial charge in [0, 0.05) is 31.0 Å². The molecule has 3 N–H and O–H groups in total. The highest BCUT2D eigenvalue weighted by atomic mass is 16.2. The zero-order valence-electron chi connectivity index (χ0n) is 16.9. The van der Waals surface area contributed by atoms with E-state index in [2.05, 4.69) is 22.2 Å². The fraction of sp³-hybridized carbons (Fsp3) is 0.261. The molecule has 0 unspecified atom stereocenters. The van der Waals surface area contributed by atoms with Crippen LogP contribution < -0.4 is 16.0 Å². The minimum absolute atomic E-state index is 0.269. The Balaban J connectivity index is 1.69. The van der Waals surface area contributed by atoms with Crippen LogP contribution in [0.15, 0.2) is 60.9 Å². The van der Waals surface area contributed by atoms with Crippen molar-refractivity contribution in [2.75, 3.05) is 23.3 Å². The van der Waals surface area contributed by atoms with Crippen LogP contribution in [-0.2, 0) is 0 Å². The van der Waals surface area contributed by atoms with Crippen LogP contribution in [0.25, 0.3) is 5.69 Å². The number of carbonyl (C=O) groups excluding carboxylic acids is 2. The first kappa shape index (κ1) is 19.7. The molecule has 0 radical (unpaired) electrons. The number of para-hydroxylation sites is 1. The molecule has 3 aromatic rings. The summed E-state index contributed by atoms with van der Waals surface area (Å²) in [7, 11) is 0. The molecule has 1 atom stereocenters. The van der Waals surface area contributed by atoms with Gasteiger partial charge in [-0.2, -0.15) is 5.10 Å². The zero-order chi connectivity index (χ0) is 21.1. The normalized spacial score (nSPS) is 16.3. The van der Waals surface area contributed by atoms with Crippen LogP contribution in [0.1, 0.15) is 40.5 Å². The quantitative estimate of drug-likeness (QED) is 0.682. The van der Waals surface area contributed by atoms with Crippen LogP contribution in [0.3, 0.4) is 0 Å². The van der Waals surface area contributed by atoms with Gasteiger partial charge in [0.05, 0.1) is 22.6 Å². The smallest absolute Gasteiger partial charge is 0.257 e. The van der Waals surface area contributed by atoms with E-state index in [1.165, 1.54) is 6.42 Å². The number of carbonyl (C=O) groups is 2. The van der Waals surface area contributed by atoms with Crippen LogP contribution in [-0.4, -0.2) is 34.7 Å². The lowest BCUT2D eigenvalue weighted by molar-refractivity contribution is 0.0996. The Morgan fingerprint density at radius 1 is 1.13 bits per heavy atom. The lowest BCUT2D eigenvalue weighted by Crippen LogP contribution is -2.35. The maximum absolute atomic E-state index is 13.2. The van der Waals surface area contributed by atoms with Crippen molar-refractivity contribution in [1.82, 2.24) is 9.78 Å². The molecule has 2 amide bonds. The molecule has 0 bridgehead atoms. The van der Waals surface area contributed by atoms with Gasteiger partial charge < -0.3 is 16.0 Å². The van der Waals surface area contributed by atoms with E-state index in [-0.39, 0.29) is 5.91 Å². The highest BCUT2D eigenvalue weighted by Crippen LogP contribution is 2.31. The molecule has 1 fully saturated rings. The second-order valence-electron chi connectivity index (χ2n) is 7.71. The van der Waals surface area contributed by atoms with E-state index in [4.69, 9.17) is 5.73 Å². The number of nitrogens with one attached hydrogen (secondary N) is 1. The number of primary amides is 1. The maximum atomic E-state index is 13.2. The standard InChI is InChI=1S/C23H25N5O2/c1-16-6-4-12-27(15-16)21-10-9-17(22(24)29)14-19(21)26-23(30)18-7-2-3-8-20(18)28-13-5-11-25-28/h2-3,5,7-11,13-14,16H,4,6,12,15H2,1H3,(H2,24,29)(H,26,30)/t16-/m0/s1. The fourth-order valence-corrected chi connectivity index (χ4v) is 3.94. The van der Waals surface area contributed by atoms with Gasteiger partial charge in [-0.1, -0.05) is 19.1 Å². The summed E-state index contributed by atoms with van der Waals surface area (Å²) in [5.41, 5.74) is 8.50. The van der Waals surface area contributed by atoms with E-state index in [0.717, 1.165) is 25.2 Å². The average molecular weight is 403 g/mol. The number of hydrogen-bond donors (Lipinski definition) is 2. The molecule has 154 valence electrons. The Kier molecular flexibility index (Phi) is 5.52. The van der Waals surface area contributed by atoms with Crippen molar-refractivity contribution in [2.24, 2.45) is 11.7 Å². The highest BCUT2D eigenvalue weighted by Gasteiger charge is 2.22. The first-order valence-corrected chi connectivity index (χ1v) is 10.1. The Morgan fingerprint density at radius 3 is 2.70 bits per heavy atom. The van der Waals surface area contributed by atoms with E-state index in [1.807, 2.05) is 24.3 Å². The van der Waals surface area contributed by atoms with Crippen molar-refractivity contribution in [3.8, 4) is 5.69 Å². The van der Waals surface area contributed by atoms with E-state index in [0.29, 0.717) is 28.4 Å². The number of rotatable bonds is 5. The Bertz CT molecular complexity index is 1060. The van der Waals surface area contributed by atoms with Crippen LogP contribution in [0, 0.1) is 5.92 Å². The summed E-state index contributed by atoms with van der Waals surface area (Å²) in [6.07, 6.45) is 5.74. The van der Waals surface area contributed by atoms with Gasteiger partial charge >= 0.3 is 0 Å². The second-order valence-corrected chi connectivity index (χ2v) is 7.71. The third kappa shape index (κ3) is 4.05. The first-order chi connectivity index (χ1) is 14.5. The summed E-state index contributed by atoms with van der Waals surface area (Å²) in [4.78, 5) is 27.2. The average Bonchev–Trinajstić information content (AvgIpc) is 3.28. The number of amides is 2. The van der Waals surface area contributed by atoms with Crippen molar-refractivity contribution >= 4 is 23.2 Å². The van der Waals surface area contributed by atoms with Crippen LogP contribution in [0.2, 0.25) is 0 Å². The van der Waals surface area contributed by atoms with Gasteiger partial charge in [0.25, 0.3) is 5.91 Å². The molecule has 7 nitrogen and oxygen atoms in total. The van der Waals surface area contributed by atoms with Gasteiger partial charge in [-0.25, -0.2) is 4.68 Å². The lowest BCUT2D eigenvalue weighted by Gasteiger charge is -2.34. The molecule has 0 aliphatic carbocycles. The zero-order valence-corrected chi connectivity index (χ0v) is 16.9. The molecule has 7 heteroatoms. The summed E-state index contributed by atoms with van der Waals surface area (Å²) >= 11 is 0. The Hall–Kier alpha value is -3.61. The summed E-state index contributed by atoms with van der Waals surface area (Å²) in [5, 5.41) is 7.25. The molecule has 2 aromatic carbocycles. The molecular formula is C23H25N5O2. The van der Waals surface area contributed by atoms with Crippen molar-refractivity contribution in [2.45, 2.75) is 19.8 Å². The predicted molar refractivity (Wildman–Crippen MR) is 117 cm³/mol. The molecule has 0 saturated carbocycles. The molecular weight excluding hydrogens is 378 g/mol. The van der Waals surface area contributed by atoms with Crippen molar-refractivity contribution < 1.29 is 9.59 Å². The SMILES string of the molecule is C[C@H]1CCCN(c2ccc(C(N)=O)cc2NC(=O)c2ccccc2-n2cccn2)C1. The molecule has 30 heavy (non-hydrogen) atoms. The largest absolute Gasteiger partial charge is 0.370 e.